The third-order valence-corrected chi connectivity index (χ3v) is 4.27. The summed E-state index contributed by atoms with van der Waals surface area (Å²) >= 11 is 0. The summed E-state index contributed by atoms with van der Waals surface area (Å²) < 4.78 is 0. The van der Waals surface area contributed by atoms with Gasteiger partial charge in [-0.15, -0.1) is 0 Å². The first kappa shape index (κ1) is 11.2. The smallest absolute Gasteiger partial charge is 0.234 e. The summed E-state index contributed by atoms with van der Waals surface area (Å²) in [5, 5.41) is 0. The molecule has 94 valence electrons. The number of hydrogen-bond acceptors (Lipinski definition) is 4. The summed E-state index contributed by atoms with van der Waals surface area (Å²) in [7, 11) is 0. The lowest BCUT2D eigenvalue weighted by Gasteiger charge is -2.28. The first-order chi connectivity index (χ1) is 8.20. The lowest BCUT2D eigenvalue weighted by molar-refractivity contribution is -0.141. The highest BCUT2D eigenvalue weighted by molar-refractivity contribution is 6.10. The summed E-state index contributed by atoms with van der Waals surface area (Å²) in [5.41, 5.74) is 5.68. The molecule has 3 fully saturated rings. The molecule has 3 rings (SSSR count). The van der Waals surface area contributed by atoms with Crippen molar-refractivity contribution in [1.82, 2.24) is 9.80 Å². The zero-order valence-electron chi connectivity index (χ0n) is 9.97. The highest BCUT2D eigenvalue weighted by Gasteiger charge is 2.65. The van der Waals surface area contributed by atoms with Crippen LogP contribution in [0.2, 0.25) is 0 Å². The van der Waals surface area contributed by atoms with E-state index < -0.39 is 0 Å². The van der Waals surface area contributed by atoms with Gasteiger partial charge in [0, 0.05) is 19.1 Å². The quantitative estimate of drug-likeness (QED) is 0.667. The Labute approximate surface area is 101 Å². The molecular formula is C12H19N3O2. The summed E-state index contributed by atoms with van der Waals surface area (Å²) in [4.78, 5) is 27.5. The summed E-state index contributed by atoms with van der Waals surface area (Å²) in [6, 6.07) is -0.193. The molecule has 2 unspecified atom stereocenters. The van der Waals surface area contributed by atoms with Crippen LogP contribution in [0.15, 0.2) is 0 Å². The maximum absolute atomic E-state index is 11.8. The Morgan fingerprint density at radius 3 is 2.18 bits per heavy atom. The van der Waals surface area contributed by atoms with Gasteiger partial charge in [0.25, 0.3) is 0 Å². The Bertz CT molecular complexity index is 330. The van der Waals surface area contributed by atoms with Crippen molar-refractivity contribution in [2.45, 2.75) is 25.3 Å². The Morgan fingerprint density at radius 2 is 1.59 bits per heavy atom. The van der Waals surface area contributed by atoms with E-state index >= 15 is 0 Å². The van der Waals surface area contributed by atoms with Crippen LogP contribution in [-0.2, 0) is 9.59 Å². The van der Waals surface area contributed by atoms with E-state index in [0.29, 0.717) is 6.54 Å². The van der Waals surface area contributed by atoms with Crippen LogP contribution in [-0.4, -0.2) is 53.8 Å². The standard InChI is InChI=1S/C12H19N3O2/c13-10-8-9(10)12(17)15(11(8)16)7-6-14-4-2-1-3-5-14/h8-10H,1-7,13H2. The van der Waals surface area contributed by atoms with Crippen molar-refractivity contribution in [2.24, 2.45) is 17.6 Å². The monoisotopic (exact) mass is 237 g/mol. The Hall–Kier alpha value is -0.940. The van der Waals surface area contributed by atoms with Gasteiger partial charge in [-0.3, -0.25) is 14.5 Å². The van der Waals surface area contributed by atoms with E-state index in [0.717, 1.165) is 19.6 Å². The maximum atomic E-state index is 11.8. The molecule has 0 spiro atoms. The molecule has 0 aromatic rings. The number of nitrogens with zero attached hydrogens (tertiary/aromatic N) is 2. The molecule has 2 heterocycles. The van der Waals surface area contributed by atoms with Gasteiger partial charge in [-0.1, -0.05) is 6.42 Å². The van der Waals surface area contributed by atoms with E-state index in [-0.39, 0.29) is 29.7 Å². The second-order valence-electron chi connectivity index (χ2n) is 5.36. The lowest BCUT2D eigenvalue weighted by Crippen LogP contribution is -2.43. The van der Waals surface area contributed by atoms with Crippen molar-refractivity contribution in [3.05, 3.63) is 0 Å². The molecule has 5 nitrogen and oxygen atoms in total. The van der Waals surface area contributed by atoms with Crippen LogP contribution in [0.25, 0.3) is 0 Å². The molecule has 2 aliphatic heterocycles. The van der Waals surface area contributed by atoms with Crippen molar-refractivity contribution >= 4 is 11.8 Å². The number of carbonyl (C=O) groups excluding carboxylic acids is 2. The van der Waals surface area contributed by atoms with Crippen molar-refractivity contribution in [2.75, 3.05) is 26.2 Å². The van der Waals surface area contributed by atoms with E-state index in [1.807, 2.05) is 0 Å². The van der Waals surface area contributed by atoms with E-state index in [2.05, 4.69) is 4.90 Å². The number of nitrogens with two attached hydrogens (primary N) is 1. The molecule has 2 saturated heterocycles. The number of likely N-dealkylation sites (tertiary alicyclic amines) is 2. The van der Waals surface area contributed by atoms with Crippen LogP contribution in [0.4, 0.5) is 0 Å². The minimum absolute atomic E-state index is 0.0375. The van der Waals surface area contributed by atoms with E-state index in [1.165, 1.54) is 24.2 Å². The molecule has 1 saturated carbocycles. The van der Waals surface area contributed by atoms with Crippen molar-refractivity contribution in [1.29, 1.82) is 0 Å². The summed E-state index contributed by atoms with van der Waals surface area (Å²) in [5.74, 6) is -0.457. The van der Waals surface area contributed by atoms with Crippen LogP contribution in [0, 0.1) is 11.8 Å². The van der Waals surface area contributed by atoms with Gasteiger partial charge in [0.1, 0.15) is 0 Å². The molecular weight excluding hydrogens is 218 g/mol. The fourth-order valence-electron chi connectivity index (χ4n) is 3.08. The highest BCUT2D eigenvalue weighted by Crippen LogP contribution is 2.45. The van der Waals surface area contributed by atoms with Crippen LogP contribution < -0.4 is 5.73 Å². The molecule has 5 heteroatoms. The number of carbonyl (C=O) groups is 2. The van der Waals surface area contributed by atoms with Gasteiger partial charge >= 0.3 is 0 Å². The van der Waals surface area contributed by atoms with Gasteiger partial charge in [-0.2, -0.15) is 0 Å². The van der Waals surface area contributed by atoms with Gasteiger partial charge in [0.15, 0.2) is 0 Å². The minimum atomic E-state index is -0.193. The molecule has 0 bridgehead atoms. The van der Waals surface area contributed by atoms with Gasteiger partial charge < -0.3 is 10.6 Å². The Morgan fingerprint density at radius 1 is 1.00 bits per heavy atom. The number of piperidine rings is 2. The third kappa shape index (κ3) is 1.77. The number of amides is 2. The van der Waals surface area contributed by atoms with Crippen LogP contribution in [0.1, 0.15) is 19.3 Å². The second kappa shape index (κ2) is 4.07. The fraction of sp³-hybridized carbons (Fsp3) is 0.833. The van der Waals surface area contributed by atoms with Crippen molar-refractivity contribution in [3.63, 3.8) is 0 Å². The maximum Gasteiger partial charge on any atom is 0.234 e. The van der Waals surface area contributed by atoms with E-state index in [4.69, 9.17) is 5.73 Å². The van der Waals surface area contributed by atoms with Crippen molar-refractivity contribution < 1.29 is 9.59 Å². The van der Waals surface area contributed by atoms with E-state index in [9.17, 15) is 9.59 Å². The van der Waals surface area contributed by atoms with Gasteiger partial charge in [0.2, 0.25) is 11.8 Å². The van der Waals surface area contributed by atoms with Crippen LogP contribution in [0.3, 0.4) is 0 Å². The predicted octanol–water partition coefficient (Wildman–Crippen LogP) is -0.586. The SMILES string of the molecule is NC1C2C(=O)N(CCN3CCCCC3)C(=O)C12. The molecule has 0 aromatic carbocycles. The van der Waals surface area contributed by atoms with E-state index in [1.54, 1.807) is 0 Å². The number of imide groups is 1. The van der Waals surface area contributed by atoms with Gasteiger partial charge in [-0.05, 0) is 25.9 Å². The molecule has 17 heavy (non-hydrogen) atoms. The average Bonchev–Trinajstić information content (AvgIpc) is 2.93. The zero-order valence-corrected chi connectivity index (χ0v) is 9.97. The first-order valence-electron chi connectivity index (χ1n) is 6.53. The molecule has 0 radical (unpaired) electrons. The number of fused-ring (bicyclic) bond motifs is 1. The highest BCUT2D eigenvalue weighted by atomic mass is 16.2. The topological polar surface area (TPSA) is 66.6 Å². The Balaban J connectivity index is 1.53. The largest absolute Gasteiger partial charge is 0.326 e. The van der Waals surface area contributed by atoms with Crippen molar-refractivity contribution in [3.8, 4) is 0 Å². The zero-order chi connectivity index (χ0) is 12.0. The second-order valence-corrected chi connectivity index (χ2v) is 5.36. The number of hydrogen-bond donors (Lipinski definition) is 1. The predicted molar refractivity (Wildman–Crippen MR) is 62.0 cm³/mol. The molecule has 3 aliphatic rings. The van der Waals surface area contributed by atoms with Crippen LogP contribution in [0.5, 0.6) is 0 Å². The molecule has 2 atom stereocenters. The molecule has 1 aliphatic carbocycles. The fourth-order valence-corrected chi connectivity index (χ4v) is 3.08. The molecule has 0 aromatic heterocycles. The summed E-state index contributed by atoms with van der Waals surface area (Å²) in [6.45, 7) is 3.58. The lowest BCUT2D eigenvalue weighted by atomic mass is 10.1. The van der Waals surface area contributed by atoms with Gasteiger partial charge in [-0.25, -0.2) is 0 Å². The molecule has 2 N–H and O–H groups in total. The minimum Gasteiger partial charge on any atom is -0.326 e. The normalized spacial score (nSPS) is 37.5. The third-order valence-electron chi connectivity index (χ3n) is 4.27. The number of rotatable bonds is 3. The molecule has 2 amide bonds. The summed E-state index contributed by atoms with van der Waals surface area (Å²) in [6.07, 6.45) is 3.77. The average molecular weight is 237 g/mol. The first-order valence-corrected chi connectivity index (χ1v) is 6.53. The Kier molecular flexibility index (Phi) is 2.67. The van der Waals surface area contributed by atoms with Gasteiger partial charge in [0.05, 0.1) is 11.8 Å². The van der Waals surface area contributed by atoms with Crippen LogP contribution >= 0.6 is 0 Å².